The van der Waals surface area contributed by atoms with Crippen molar-refractivity contribution in [2.75, 3.05) is 4.72 Å². The standard InChI is InChI=1S/C10H13N3O3S/c1-6(2)16-8-5-3-4-7-9(8)10(11)13-17(14,15)12-7/h3-6,12H,1-2H3,(H2,11,13). The fourth-order valence-corrected chi connectivity index (χ4v) is 2.41. The molecule has 0 unspecified atom stereocenters. The molecule has 17 heavy (non-hydrogen) atoms. The lowest BCUT2D eigenvalue weighted by Crippen LogP contribution is -2.27. The molecule has 1 aliphatic rings. The van der Waals surface area contributed by atoms with Crippen LogP contribution >= 0.6 is 0 Å². The second-order valence-corrected chi connectivity index (χ2v) is 5.24. The highest BCUT2D eigenvalue weighted by atomic mass is 32.2. The van der Waals surface area contributed by atoms with Gasteiger partial charge in [-0.2, -0.15) is 8.42 Å². The Morgan fingerprint density at radius 3 is 2.76 bits per heavy atom. The van der Waals surface area contributed by atoms with Crippen LogP contribution < -0.4 is 15.2 Å². The third kappa shape index (κ3) is 2.33. The van der Waals surface area contributed by atoms with Crippen LogP contribution in [0, 0.1) is 0 Å². The van der Waals surface area contributed by atoms with Gasteiger partial charge in [0, 0.05) is 0 Å². The number of amidine groups is 1. The molecular formula is C10H13N3O3S. The average Bonchev–Trinajstić information content (AvgIpc) is 2.13. The molecule has 7 heteroatoms. The summed E-state index contributed by atoms with van der Waals surface area (Å²) in [5.74, 6) is 0.455. The molecule has 0 amide bonds. The number of benzene rings is 1. The van der Waals surface area contributed by atoms with Crippen molar-refractivity contribution in [3.05, 3.63) is 23.8 Å². The summed E-state index contributed by atoms with van der Waals surface area (Å²) in [6.07, 6.45) is -0.0344. The highest BCUT2D eigenvalue weighted by Crippen LogP contribution is 2.30. The van der Waals surface area contributed by atoms with E-state index >= 15 is 0 Å². The van der Waals surface area contributed by atoms with Gasteiger partial charge in [0.05, 0.1) is 17.4 Å². The van der Waals surface area contributed by atoms with Crippen LogP contribution in [0.2, 0.25) is 0 Å². The number of fused-ring (bicyclic) bond motifs is 1. The minimum atomic E-state index is -3.73. The van der Waals surface area contributed by atoms with E-state index in [0.29, 0.717) is 17.0 Å². The molecule has 3 N–H and O–H groups in total. The molecule has 0 saturated carbocycles. The molecule has 1 aliphatic heterocycles. The van der Waals surface area contributed by atoms with Gasteiger partial charge in [0.25, 0.3) is 0 Å². The van der Waals surface area contributed by atoms with Crippen molar-refractivity contribution < 1.29 is 13.2 Å². The summed E-state index contributed by atoms with van der Waals surface area (Å²) in [4.78, 5) is 0. The lowest BCUT2D eigenvalue weighted by Gasteiger charge is -2.20. The number of nitrogens with two attached hydrogens (primary N) is 1. The van der Waals surface area contributed by atoms with Gasteiger partial charge in [-0.1, -0.05) is 6.07 Å². The number of nitrogens with zero attached hydrogens (tertiary/aromatic N) is 1. The molecule has 0 saturated heterocycles. The summed E-state index contributed by atoms with van der Waals surface area (Å²) in [5.41, 5.74) is 6.52. The van der Waals surface area contributed by atoms with Gasteiger partial charge in [-0.25, -0.2) is 0 Å². The Balaban J connectivity index is 2.56. The van der Waals surface area contributed by atoms with Crippen LogP contribution in [-0.4, -0.2) is 20.4 Å². The van der Waals surface area contributed by atoms with E-state index < -0.39 is 10.2 Å². The largest absolute Gasteiger partial charge is 0.490 e. The molecule has 0 fully saturated rings. The van der Waals surface area contributed by atoms with Crippen molar-refractivity contribution in [3.8, 4) is 5.75 Å². The van der Waals surface area contributed by atoms with E-state index in [0.717, 1.165) is 0 Å². The molecule has 0 aromatic heterocycles. The Bertz CT molecular complexity index is 578. The maximum atomic E-state index is 11.3. The lowest BCUT2D eigenvalue weighted by atomic mass is 10.1. The summed E-state index contributed by atoms with van der Waals surface area (Å²) in [5, 5.41) is 0. The molecule has 1 heterocycles. The molecule has 0 bridgehead atoms. The zero-order chi connectivity index (χ0) is 12.6. The maximum Gasteiger partial charge on any atom is 0.344 e. The number of rotatable bonds is 2. The molecule has 1 aromatic carbocycles. The van der Waals surface area contributed by atoms with Crippen LogP contribution in [0.3, 0.4) is 0 Å². The number of hydrogen-bond donors (Lipinski definition) is 2. The van der Waals surface area contributed by atoms with Crippen molar-refractivity contribution in [2.24, 2.45) is 10.1 Å². The molecule has 6 nitrogen and oxygen atoms in total. The van der Waals surface area contributed by atoms with Crippen molar-refractivity contribution >= 4 is 21.7 Å². The third-order valence-electron chi connectivity index (χ3n) is 2.10. The fourth-order valence-electron chi connectivity index (χ4n) is 1.57. The van der Waals surface area contributed by atoms with E-state index in [4.69, 9.17) is 10.5 Å². The first kappa shape index (κ1) is 11.7. The molecule has 0 atom stereocenters. The lowest BCUT2D eigenvalue weighted by molar-refractivity contribution is 0.242. The molecule has 0 spiro atoms. The van der Waals surface area contributed by atoms with Crippen molar-refractivity contribution in [3.63, 3.8) is 0 Å². The SMILES string of the molecule is CC(C)Oc1cccc2c1C(N)=NS(=O)(=O)N2. The van der Waals surface area contributed by atoms with E-state index in [9.17, 15) is 8.42 Å². The first-order chi connectivity index (χ1) is 7.89. The van der Waals surface area contributed by atoms with Crippen LogP contribution in [0.4, 0.5) is 5.69 Å². The summed E-state index contributed by atoms with van der Waals surface area (Å²) >= 11 is 0. The van der Waals surface area contributed by atoms with Gasteiger partial charge in [-0.15, -0.1) is 4.40 Å². The Morgan fingerprint density at radius 1 is 1.41 bits per heavy atom. The first-order valence-corrected chi connectivity index (χ1v) is 6.51. The Hall–Kier alpha value is -1.76. The number of anilines is 1. The van der Waals surface area contributed by atoms with Crippen molar-refractivity contribution in [1.82, 2.24) is 0 Å². The van der Waals surface area contributed by atoms with Gasteiger partial charge in [-0.05, 0) is 26.0 Å². The Kier molecular flexibility index (Phi) is 2.70. The second kappa shape index (κ2) is 3.92. The van der Waals surface area contributed by atoms with Crippen molar-refractivity contribution in [2.45, 2.75) is 20.0 Å². The zero-order valence-corrected chi connectivity index (χ0v) is 10.3. The summed E-state index contributed by atoms with van der Waals surface area (Å²) in [7, 11) is -3.73. The van der Waals surface area contributed by atoms with Gasteiger partial charge >= 0.3 is 10.2 Å². The minimum Gasteiger partial charge on any atom is -0.490 e. The van der Waals surface area contributed by atoms with Gasteiger partial charge in [0.1, 0.15) is 5.75 Å². The van der Waals surface area contributed by atoms with E-state index in [1.165, 1.54) is 0 Å². The molecule has 92 valence electrons. The van der Waals surface area contributed by atoms with Crippen LogP contribution in [0.1, 0.15) is 19.4 Å². The zero-order valence-electron chi connectivity index (χ0n) is 9.47. The molecule has 0 aliphatic carbocycles. The van der Waals surface area contributed by atoms with Crippen molar-refractivity contribution in [1.29, 1.82) is 0 Å². The molecule has 1 aromatic rings. The van der Waals surface area contributed by atoms with Gasteiger partial charge in [0.2, 0.25) is 0 Å². The number of nitrogens with one attached hydrogen (secondary N) is 1. The van der Waals surface area contributed by atoms with E-state index in [2.05, 4.69) is 9.12 Å². The normalized spacial score (nSPS) is 17.0. The Morgan fingerprint density at radius 2 is 2.12 bits per heavy atom. The smallest absolute Gasteiger partial charge is 0.344 e. The van der Waals surface area contributed by atoms with Crippen LogP contribution in [-0.2, 0) is 10.2 Å². The predicted octanol–water partition coefficient (Wildman–Crippen LogP) is 0.849. The first-order valence-electron chi connectivity index (χ1n) is 5.07. The van der Waals surface area contributed by atoms with Gasteiger partial charge in [-0.3, -0.25) is 4.72 Å². The Labute approximate surface area is 99.7 Å². The monoisotopic (exact) mass is 255 g/mol. The van der Waals surface area contributed by atoms with Crippen LogP contribution in [0.15, 0.2) is 22.6 Å². The van der Waals surface area contributed by atoms with E-state index in [1.54, 1.807) is 18.2 Å². The molecule has 2 rings (SSSR count). The van der Waals surface area contributed by atoms with Crippen LogP contribution in [0.5, 0.6) is 5.75 Å². The van der Waals surface area contributed by atoms with Crippen LogP contribution in [0.25, 0.3) is 0 Å². The van der Waals surface area contributed by atoms with E-state index in [1.807, 2.05) is 13.8 Å². The predicted molar refractivity (Wildman–Crippen MR) is 65.5 cm³/mol. The van der Waals surface area contributed by atoms with E-state index in [-0.39, 0.29) is 11.9 Å². The topological polar surface area (TPSA) is 93.8 Å². The average molecular weight is 255 g/mol. The highest BCUT2D eigenvalue weighted by Gasteiger charge is 2.24. The summed E-state index contributed by atoms with van der Waals surface area (Å²) in [6.45, 7) is 3.75. The third-order valence-corrected chi connectivity index (χ3v) is 3.02. The second-order valence-electron chi connectivity index (χ2n) is 3.90. The van der Waals surface area contributed by atoms with Gasteiger partial charge < -0.3 is 10.5 Å². The van der Waals surface area contributed by atoms with Gasteiger partial charge in [0.15, 0.2) is 5.84 Å². The highest BCUT2D eigenvalue weighted by molar-refractivity contribution is 7.91. The molecular weight excluding hydrogens is 242 g/mol. The summed E-state index contributed by atoms with van der Waals surface area (Å²) < 4.78 is 33.9. The number of hydrogen-bond acceptors (Lipinski definition) is 4. The number of ether oxygens (including phenoxy) is 1. The minimum absolute atomic E-state index is 0.0344. The molecule has 0 radical (unpaired) electrons. The quantitative estimate of drug-likeness (QED) is 0.819. The fraction of sp³-hybridized carbons (Fsp3) is 0.300. The maximum absolute atomic E-state index is 11.3. The summed E-state index contributed by atoms with van der Waals surface area (Å²) in [6, 6.07) is 5.03.